The van der Waals surface area contributed by atoms with Crippen LogP contribution in [0.1, 0.15) is 31.4 Å². The summed E-state index contributed by atoms with van der Waals surface area (Å²) in [5.74, 6) is -1.12. The van der Waals surface area contributed by atoms with Gasteiger partial charge in [-0.05, 0) is 17.0 Å². The molecule has 0 radical (unpaired) electrons. The van der Waals surface area contributed by atoms with Gasteiger partial charge in [-0.3, -0.25) is 4.79 Å². The number of nitrogens with one attached hydrogen (secondary N) is 2. The average Bonchev–Trinajstić information content (AvgIpc) is 2.81. The Bertz CT molecular complexity index is 842. The van der Waals surface area contributed by atoms with Crippen molar-refractivity contribution in [2.45, 2.75) is 45.4 Å². The second kappa shape index (κ2) is 12.4. The predicted octanol–water partition coefficient (Wildman–Crippen LogP) is 3.23. The van der Waals surface area contributed by atoms with Gasteiger partial charge < -0.3 is 20.1 Å². The van der Waals surface area contributed by atoms with Gasteiger partial charge in [0.15, 0.2) is 0 Å². The van der Waals surface area contributed by atoms with E-state index in [0.717, 1.165) is 11.1 Å². The van der Waals surface area contributed by atoms with E-state index >= 15 is 0 Å². The zero-order valence-electron chi connectivity index (χ0n) is 18.2. The topological polar surface area (TPSA) is 93.7 Å². The fourth-order valence-corrected chi connectivity index (χ4v) is 3.02. The molecule has 2 amide bonds. The Labute approximate surface area is 183 Å². The van der Waals surface area contributed by atoms with Crippen molar-refractivity contribution in [3.8, 4) is 0 Å². The highest BCUT2D eigenvalue weighted by molar-refractivity contribution is 5.90. The lowest BCUT2D eigenvalue weighted by Crippen LogP contribution is -2.54. The highest BCUT2D eigenvalue weighted by Gasteiger charge is 2.30. The van der Waals surface area contributed by atoms with Crippen LogP contribution in [0.15, 0.2) is 60.7 Å². The van der Waals surface area contributed by atoms with E-state index < -0.39 is 30.1 Å². The van der Waals surface area contributed by atoms with Gasteiger partial charge in [0.25, 0.3) is 0 Å². The SMILES string of the molecule is CC[C@@H](C)[C@@H](NC(=O)[C@H](Cc1ccccc1)NC(=O)OCc1ccccc1)C(=O)OC. The molecule has 2 rings (SSSR count). The molecule has 0 aliphatic heterocycles. The molecule has 0 saturated heterocycles. The van der Waals surface area contributed by atoms with Crippen molar-refractivity contribution in [1.82, 2.24) is 10.6 Å². The first kappa shape index (κ1) is 23.9. The smallest absolute Gasteiger partial charge is 0.408 e. The number of ether oxygens (including phenoxy) is 2. The van der Waals surface area contributed by atoms with Crippen molar-refractivity contribution < 1.29 is 23.9 Å². The summed E-state index contributed by atoms with van der Waals surface area (Å²) in [4.78, 5) is 37.6. The van der Waals surface area contributed by atoms with E-state index in [9.17, 15) is 14.4 Å². The second-order valence-electron chi connectivity index (χ2n) is 7.34. The second-order valence-corrected chi connectivity index (χ2v) is 7.34. The lowest BCUT2D eigenvalue weighted by molar-refractivity contribution is -0.146. The van der Waals surface area contributed by atoms with Crippen LogP contribution in [0.2, 0.25) is 0 Å². The molecule has 0 unspecified atom stereocenters. The van der Waals surface area contributed by atoms with Crippen LogP contribution in [0.5, 0.6) is 0 Å². The number of carbonyl (C=O) groups is 3. The molecule has 166 valence electrons. The highest BCUT2D eigenvalue weighted by atomic mass is 16.5. The molecule has 7 heteroatoms. The number of methoxy groups -OCH3 is 1. The zero-order chi connectivity index (χ0) is 22.6. The minimum atomic E-state index is -0.915. The van der Waals surface area contributed by atoms with Crippen LogP contribution in [-0.2, 0) is 32.1 Å². The van der Waals surface area contributed by atoms with Crippen molar-refractivity contribution in [2.24, 2.45) is 5.92 Å². The van der Waals surface area contributed by atoms with Crippen LogP contribution in [0.4, 0.5) is 4.79 Å². The summed E-state index contributed by atoms with van der Waals surface area (Å²) in [6.07, 6.45) is 0.218. The maximum absolute atomic E-state index is 13.0. The van der Waals surface area contributed by atoms with E-state index in [-0.39, 0.29) is 18.9 Å². The maximum atomic E-state index is 13.0. The Kier molecular flexibility index (Phi) is 9.55. The summed E-state index contributed by atoms with van der Waals surface area (Å²) in [7, 11) is 1.28. The molecular formula is C24H30N2O5. The quantitative estimate of drug-likeness (QED) is 0.569. The van der Waals surface area contributed by atoms with Crippen LogP contribution in [-0.4, -0.2) is 37.2 Å². The molecule has 0 aromatic heterocycles. The first-order valence-electron chi connectivity index (χ1n) is 10.3. The lowest BCUT2D eigenvalue weighted by Gasteiger charge is -2.25. The molecule has 0 aliphatic carbocycles. The van der Waals surface area contributed by atoms with Gasteiger partial charge in [-0.2, -0.15) is 0 Å². The van der Waals surface area contributed by atoms with E-state index in [1.807, 2.05) is 74.5 Å². The molecule has 0 spiro atoms. The molecule has 2 aromatic rings. The maximum Gasteiger partial charge on any atom is 0.408 e. The Morgan fingerprint density at radius 2 is 1.48 bits per heavy atom. The standard InChI is InChI=1S/C24H30N2O5/c1-4-17(2)21(23(28)30-3)26-22(27)20(15-18-11-7-5-8-12-18)25-24(29)31-16-19-13-9-6-10-14-19/h5-14,17,20-21H,4,15-16H2,1-3H3,(H,25,29)(H,26,27)/t17-,20+,21-/m1/s1. The first-order valence-corrected chi connectivity index (χ1v) is 10.3. The summed E-state index contributed by atoms with van der Waals surface area (Å²) in [5.41, 5.74) is 1.70. The number of esters is 1. The number of rotatable bonds is 10. The largest absolute Gasteiger partial charge is 0.467 e. The molecule has 2 aromatic carbocycles. The van der Waals surface area contributed by atoms with Gasteiger partial charge in [-0.15, -0.1) is 0 Å². The first-order chi connectivity index (χ1) is 14.9. The van der Waals surface area contributed by atoms with E-state index in [1.54, 1.807) is 0 Å². The van der Waals surface area contributed by atoms with E-state index in [1.165, 1.54) is 7.11 Å². The molecule has 31 heavy (non-hydrogen) atoms. The van der Waals surface area contributed by atoms with Gasteiger partial charge in [0.05, 0.1) is 7.11 Å². The Balaban J connectivity index is 2.10. The molecule has 7 nitrogen and oxygen atoms in total. The van der Waals surface area contributed by atoms with Crippen molar-refractivity contribution in [3.05, 3.63) is 71.8 Å². The normalized spacial score (nSPS) is 13.4. The van der Waals surface area contributed by atoms with Crippen LogP contribution in [0.3, 0.4) is 0 Å². The van der Waals surface area contributed by atoms with Crippen LogP contribution in [0.25, 0.3) is 0 Å². The van der Waals surface area contributed by atoms with Crippen molar-refractivity contribution >= 4 is 18.0 Å². The number of carbonyl (C=O) groups excluding carboxylic acids is 3. The Morgan fingerprint density at radius 1 is 0.903 bits per heavy atom. The molecule has 0 heterocycles. The molecule has 3 atom stereocenters. The van der Waals surface area contributed by atoms with E-state index in [4.69, 9.17) is 9.47 Å². The fraction of sp³-hybridized carbons (Fsp3) is 0.375. The molecule has 0 aliphatic rings. The minimum absolute atomic E-state index is 0.0873. The van der Waals surface area contributed by atoms with Crippen LogP contribution < -0.4 is 10.6 Å². The summed E-state index contributed by atoms with van der Waals surface area (Å²) in [6, 6.07) is 16.9. The highest BCUT2D eigenvalue weighted by Crippen LogP contribution is 2.11. The van der Waals surface area contributed by atoms with Gasteiger partial charge in [-0.25, -0.2) is 9.59 Å². The number of amides is 2. The molecular weight excluding hydrogens is 396 g/mol. The zero-order valence-corrected chi connectivity index (χ0v) is 18.2. The molecule has 0 bridgehead atoms. The summed E-state index contributed by atoms with van der Waals surface area (Å²) < 4.78 is 10.1. The van der Waals surface area contributed by atoms with Gasteiger partial charge in [-0.1, -0.05) is 80.9 Å². The van der Waals surface area contributed by atoms with E-state index in [0.29, 0.717) is 6.42 Å². The fourth-order valence-electron chi connectivity index (χ4n) is 3.02. The lowest BCUT2D eigenvalue weighted by atomic mass is 9.98. The van der Waals surface area contributed by atoms with Crippen molar-refractivity contribution in [3.63, 3.8) is 0 Å². The third kappa shape index (κ3) is 7.77. The van der Waals surface area contributed by atoms with Gasteiger partial charge in [0.1, 0.15) is 18.7 Å². The number of hydrogen-bond donors (Lipinski definition) is 2. The minimum Gasteiger partial charge on any atom is -0.467 e. The predicted molar refractivity (Wildman–Crippen MR) is 117 cm³/mol. The molecule has 0 saturated carbocycles. The Morgan fingerprint density at radius 3 is 2.03 bits per heavy atom. The number of hydrogen-bond acceptors (Lipinski definition) is 5. The van der Waals surface area contributed by atoms with Crippen LogP contribution in [0, 0.1) is 5.92 Å². The van der Waals surface area contributed by atoms with Gasteiger partial charge in [0, 0.05) is 6.42 Å². The summed E-state index contributed by atoms with van der Waals surface area (Å²) in [6.45, 7) is 3.87. The van der Waals surface area contributed by atoms with Gasteiger partial charge in [0.2, 0.25) is 5.91 Å². The molecule has 2 N–H and O–H groups in total. The van der Waals surface area contributed by atoms with Crippen LogP contribution >= 0.6 is 0 Å². The summed E-state index contributed by atoms with van der Waals surface area (Å²) >= 11 is 0. The van der Waals surface area contributed by atoms with Gasteiger partial charge >= 0.3 is 12.1 Å². The van der Waals surface area contributed by atoms with Crippen molar-refractivity contribution in [2.75, 3.05) is 7.11 Å². The Hall–Kier alpha value is -3.35. The monoisotopic (exact) mass is 426 g/mol. The molecule has 0 fully saturated rings. The third-order valence-electron chi connectivity index (χ3n) is 5.07. The van der Waals surface area contributed by atoms with E-state index in [2.05, 4.69) is 10.6 Å². The third-order valence-corrected chi connectivity index (χ3v) is 5.07. The number of benzene rings is 2. The number of alkyl carbamates (subject to hydrolysis) is 1. The van der Waals surface area contributed by atoms with Crippen molar-refractivity contribution in [1.29, 1.82) is 0 Å². The summed E-state index contributed by atoms with van der Waals surface area (Å²) in [5, 5.41) is 5.36. The average molecular weight is 427 g/mol.